The minimum atomic E-state index is -0.0361. The van der Waals surface area contributed by atoms with Gasteiger partial charge in [-0.1, -0.05) is 30.0 Å². The number of nitrogens with zero attached hydrogens (tertiary/aromatic N) is 4. The third-order valence-corrected chi connectivity index (χ3v) is 5.35. The van der Waals surface area contributed by atoms with Gasteiger partial charge in [0.1, 0.15) is 0 Å². The van der Waals surface area contributed by atoms with E-state index in [1.165, 1.54) is 11.8 Å². The van der Waals surface area contributed by atoms with Crippen molar-refractivity contribution in [1.29, 1.82) is 0 Å². The second-order valence-electron chi connectivity index (χ2n) is 6.23. The maximum Gasteiger partial charge on any atom is 0.234 e. The van der Waals surface area contributed by atoms with Gasteiger partial charge in [-0.15, -0.1) is 10.2 Å². The number of ether oxygens (including phenoxy) is 1. The number of morpholine rings is 1. The summed E-state index contributed by atoms with van der Waals surface area (Å²) in [6, 6.07) is 5.99. The third-order valence-electron chi connectivity index (χ3n) is 4.39. The van der Waals surface area contributed by atoms with E-state index in [4.69, 9.17) is 4.74 Å². The molecule has 1 aliphatic rings. The van der Waals surface area contributed by atoms with E-state index in [0.717, 1.165) is 47.6 Å². The van der Waals surface area contributed by atoms with E-state index < -0.39 is 0 Å². The smallest absolute Gasteiger partial charge is 0.234 e. The Balaban J connectivity index is 1.64. The molecular weight excluding hydrogens is 350 g/mol. The number of anilines is 2. The normalized spacial score (nSPS) is 14.5. The Bertz CT molecular complexity index is 751. The van der Waals surface area contributed by atoms with Crippen LogP contribution in [0.25, 0.3) is 0 Å². The number of rotatable bonds is 6. The summed E-state index contributed by atoms with van der Waals surface area (Å²) < 4.78 is 7.46. The van der Waals surface area contributed by atoms with Crippen molar-refractivity contribution in [3.05, 3.63) is 29.3 Å². The van der Waals surface area contributed by atoms with Crippen LogP contribution in [0.4, 0.5) is 11.6 Å². The van der Waals surface area contributed by atoms with Gasteiger partial charge in [0.25, 0.3) is 0 Å². The van der Waals surface area contributed by atoms with Gasteiger partial charge in [-0.25, -0.2) is 0 Å². The van der Waals surface area contributed by atoms with Crippen molar-refractivity contribution in [3.8, 4) is 0 Å². The molecule has 0 unspecified atom stereocenters. The molecule has 0 atom stereocenters. The summed E-state index contributed by atoms with van der Waals surface area (Å²) in [6.07, 6.45) is 0. The Morgan fingerprint density at radius 3 is 2.58 bits per heavy atom. The average molecular weight is 375 g/mol. The predicted octanol–water partition coefficient (Wildman–Crippen LogP) is 2.48. The summed E-state index contributed by atoms with van der Waals surface area (Å²) in [5, 5.41) is 12.4. The van der Waals surface area contributed by atoms with Crippen molar-refractivity contribution >= 4 is 29.3 Å². The number of para-hydroxylation sites is 1. The van der Waals surface area contributed by atoms with Crippen LogP contribution in [0.3, 0.4) is 0 Å². The van der Waals surface area contributed by atoms with Crippen LogP contribution in [-0.2, 0) is 16.1 Å². The summed E-state index contributed by atoms with van der Waals surface area (Å²) in [5.41, 5.74) is 3.02. The van der Waals surface area contributed by atoms with Gasteiger partial charge in [-0.2, -0.15) is 0 Å². The van der Waals surface area contributed by atoms with Gasteiger partial charge in [0.05, 0.1) is 19.0 Å². The Morgan fingerprint density at radius 2 is 1.92 bits per heavy atom. The molecule has 7 nitrogen and oxygen atoms in total. The average Bonchev–Trinajstić information content (AvgIpc) is 3.07. The van der Waals surface area contributed by atoms with Crippen LogP contribution in [0, 0.1) is 13.8 Å². The molecule has 1 amide bonds. The number of carbonyl (C=O) groups excluding carboxylic acids is 1. The molecule has 0 saturated carbocycles. The molecule has 0 spiro atoms. The van der Waals surface area contributed by atoms with Crippen LogP contribution in [0.5, 0.6) is 0 Å². The molecule has 1 saturated heterocycles. The van der Waals surface area contributed by atoms with Gasteiger partial charge in [0, 0.05) is 25.3 Å². The number of aromatic nitrogens is 3. The summed E-state index contributed by atoms with van der Waals surface area (Å²) in [4.78, 5) is 14.6. The highest BCUT2D eigenvalue weighted by molar-refractivity contribution is 7.99. The molecule has 0 radical (unpaired) electrons. The van der Waals surface area contributed by atoms with E-state index in [0.29, 0.717) is 19.0 Å². The summed E-state index contributed by atoms with van der Waals surface area (Å²) in [7, 11) is 0. The highest BCUT2D eigenvalue weighted by atomic mass is 32.2. The van der Waals surface area contributed by atoms with Gasteiger partial charge in [-0.05, 0) is 31.9 Å². The number of hydrogen-bond donors (Lipinski definition) is 1. The topological polar surface area (TPSA) is 72.3 Å². The largest absolute Gasteiger partial charge is 0.378 e. The molecule has 140 valence electrons. The zero-order valence-corrected chi connectivity index (χ0v) is 16.3. The van der Waals surface area contributed by atoms with Crippen LogP contribution in [0.1, 0.15) is 18.1 Å². The lowest BCUT2D eigenvalue weighted by Gasteiger charge is -2.27. The molecule has 0 aliphatic carbocycles. The monoisotopic (exact) mass is 375 g/mol. The fraction of sp³-hybridized carbons (Fsp3) is 0.500. The van der Waals surface area contributed by atoms with E-state index >= 15 is 0 Å². The highest BCUT2D eigenvalue weighted by Gasteiger charge is 2.20. The number of thioether (sulfide) groups is 1. The lowest BCUT2D eigenvalue weighted by molar-refractivity contribution is -0.113. The molecule has 8 heteroatoms. The minimum Gasteiger partial charge on any atom is -0.378 e. The van der Waals surface area contributed by atoms with Crippen LogP contribution in [-0.4, -0.2) is 52.7 Å². The number of aryl methyl sites for hydroxylation is 2. The van der Waals surface area contributed by atoms with Crippen LogP contribution in [0.15, 0.2) is 23.4 Å². The number of carbonyl (C=O) groups is 1. The lowest BCUT2D eigenvalue weighted by Crippen LogP contribution is -2.38. The molecular formula is C18H25N5O2S. The van der Waals surface area contributed by atoms with E-state index in [1.807, 2.05) is 32.0 Å². The third kappa shape index (κ3) is 4.19. The van der Waals surface area contributed by atoms with Gasteiger partial charge < -0.3 is 15.0 Å². The van der Waals surface area contributed by atoms with Crippen molar-refractivity contribution in [3.63, 3.8) is 0 Å². The fourth-order valence-electron chi connectivity index (χ4n) is 2.98. The first kappa shape index (κ1) is 18.7. The molecule has 1 aromatic carbocycles. The first-order valence-corrected chi connectivity index (χ1v) is 9.83. The van der Waals surface area contributed by atoms with Gasteiger partial charge >= 0.3 is 0 Å². The molecule has 2 heterocycles. The van der Waals surface area contributed by atoms with Crippen molar-refractivity contribution in [2.45, 2.75) is 32.5 Å². The number of benzene rings is 1. The Labute approximate surface area is 158 Å². The van der Waals surface area contributed by atoms with Crippen LogP contribution in [0.2, 0.25) is 0 Å². The maximum absolute atomic E-state index is 12.4. The summed E-state index contributed by atoms with van der Waals surface area (Å²) in [5.74, 6) is 1.12. The Hall–Kier alpha value is -2.06. The molecule has 3 rings (SSSR count). The predicted molar refractivity (Wildman–Crippen MR) is 104 cm³/mol. The van der Waals surface area contributed by atoms with E-state index in [9.17, 15) is 4.79 Å². The first-order valence-electron chi connectivity index (χ1n) is 8.85. The zero-order chi connectivity index (χ0) is 18.5. The molecule has 26 heavy (non-hydrogen) atoms. The van der Waals surface area contributed by atoms with Gasteiger partial charge in [-0.3, -0.25) is 9.36 Å². The molecule has 1 aliphatic heterocycles. The SMILES string of the molecule is CCn1c(SCC(=O)Nc2c(C)cccc2C)nnc1N1CCOCC1. The molecule has 1 N–H and O–H groups in total. The van der Waals surface area contributed by atoms with E-state index in [2.05, 4.69) is 31.9 Å². The molecule has 1 aromatic heterocycles. The van der Waals surface area contributed by atoms with Crippen molar-refractivity contribution in [1.82, 2.24) is 14.8 Å². The second-order valence-corrected chi connectivity index (χ2v) is 7.17. The minimum absolute atomic E-state index is 0.0361. The number of hydrogen-bond acceptors (Lipinski definition) is 6. The highest BCUT2D eigenvalue weighted by Crippen LogP contribution is 2.24. The van der Waals surface area contributed by atoms with Gasteiger partial charge in [0.15, 0.2) is 5.16 Å². The molecule has 1 fully saturated rings. The van der Waals surface area contributed by atoms with Crippen molar-refractivity contribution in [2.75, 3.05) is 42.3 Å². The quantitative estimate of drug-likeness (QED) is 0.782. The zero-order valence-electron chi connectivity index (χ0n) is 15.5. The maximum atomic E-state index is 12.4. The second kappa shape index (κ2) is 8.55. The molecule has 2 aromatic rings. The van der Waals surface area contributed by atoms with Crippen LogP contribution < -0.4 is 10.2 Å². The fourth-order valence-corrected chi connectivity index (χ4v) is 3.78. The Morgan fingerprint density at radius 1 is 1.23 bits per heavy atom. The molecule has 0 bridgehead atoms. The summed E-state index contributed by atoms with van der Waals surface area (Å²) in [6.45, 7) is 9.87. The number of amides is 1. The standard InChI is InChI=1S/C18H25N5O2S/c1-4-23-17(22-8-10-25-11-9-22)20-21-18(23)26-12-15(24)19-16-13(2)6-5-7-14(16)3/h5-7H,4,8-12H2,1-3H3,(H,19,24). The Kier molecular flexibility index (Phi) is 6.16. The van der Waals surface area contributed by atoms with Crippen LogP contribution >= 0.6 is 11.8 Å². The van der Waals surface area contributed by atoms with E-state index in [1.54, 1.807) is 0 Å². The van der Waals surface area contributed by atoms with Crippen molar-refractivity contribution in [2.24, 2.45) is 0 Å². The van der Waals surface area contributed by atoms with Gasteiger partial charge in [0.2, 0.25) is 11.9 Å². The van der Waals surface area contributed by atoms with E-state index in [-0.39, 0.29) is 5.91 Å². The summed E-state index contributed by atoms with van der Waals surface area (Å²) >= 11 is 1.41. The lowest BCUT2D eigenvalue weighted by atomic mass is 10.1. The first-order chi connectivity index (χ1) is 12.6. The van der Waals surface area contributed by atoms with Crippen molar-refractivity contribution < 1.29 is 9.53 Å². The number of nitrogens with one attached hydrogen (secondary N) is 1.